The molecule has 8 nitrogen and oxygen atoms in total. The molecular formula is C20H22N6O2. The molecule has 1 atom stereocenters. The van der Waals surface area contributed by atoms with Crippen molar-refractivity contribution in [1.82, 2.24) is 29.8 Å². The molecule has 2 aromatic heterocycles. The molecule has 8 heteroatoms. The van der Waals surface area contributed by atoms with Crippen LogP contribution in [0.15, 0.2) is 41.2 Å². The van der Waals surface area contributed by atoms with E-state index in [4.69, 9.17) is 4.52 Å². The van der Waals surface area contributed by atoms with Gasteiger partial charge in [-0.2, -0.15) is 4.98 Å². The van der Waals surface area contributed by atoms with Crippen LogP contribution in [0.4, 0.5) is 0 Å². The van der Waals surface area contributed by atoms with Gasteiger partial charge in [-0.1, -0.05) is 35.5 Å². The normalized spacial score (nSPS) is 19.3. The van der Waals surface area contributed by atoms with Crippen LogP contribution in [0.5, 0.6) is 0 Å². The van der Waals surface area contributed by atoms with Crippen molar-refractivity contribution in [2.24, 2.45) is 0 Å². The van der Waals surface area contributed by atoms with Crippen LogP contribution in [0.25, 0.3) is 11.4 Å². The molecule has 1 amide bonds. The molecule has 1 aromatic carbocycles. The molecule has 1 saturated carbocycles. The van der Waals surface area contributed by atoms with Gasteiger partial charge in [0.2, 0.25) is 17.6 Å². The maximum atomic E-state index is 12.6. The van der Waals surface area contributed by atoms with Crippen molar-refractivity contribution in [2.75, 3.05) is 13.1 Å². The van der Waals surface area contributed by atoms with Crippen molar-refractivity contribution in [3.05, 3.63) is 48.4 Å². The number of nitrogens with zero attached hydrogens (tertiary/aromatic N) is 6. The standard InChI is InChI=1S/C20H22N6O2/c27-18(9-8-17-22-19(24-28-17)14-4-2-1-3-5-14)25-11-10-16(12-25)26-13-21-23-20(26)15-6-7-15/h1-5,13,15-16H,6-12H2. The van der Waals surface area contributed by atoms with Crippen molar-refractivity contribution < 1.29 is 9.32 Å². The van der Waals surface area contributed by atoms with Gasteiger partial charge in [0, 0.05) is 37.4 Å². The van der Waals surface area contributed by atoms with Gasteiger partial charge in [0.25, 0.3) is 0 Å². The molecule has 28 heavy (non-hydrogen) atoms. The van der Waals surface area contributed by atoms with E-state index in [9.17, 15) is 4.79 Å². The lowest BCUT2D eigenvalue weighted by Gasteiger charge is -2.17. The summed E-state index contributed by atoms with van der Waals surface area (Å²) in [5.41, 5.74) is 0.909. The summed E-state index contributed by atoms with van der Waals surface area (Å²) in [4.78, 5) is 19.0. The molecule has 0 radical (unpaired) electrons. The first kappa shape index (κ1) is 17.1. The van der Waals surface area contributed by atoms with Gasteiger partial charge in [-0.05, 0) is 19.3 Å². The number of aryl methyl sites for hydroxylation is 1. The summed E-state index contributed by atoms with van der Waals surface area (Å²) >= 11 is 0. The first-order valence-corrected chi connectivity index (χ1v) is 9.83. The minimum atomic E-state index is 0.128. The van der Waals surface area contributed by atoms with Gasteiger partial charge in [0.1, 0.15) is 12.2 Å². The van der Waals surface area contributed by atoms with E-state index in [1.807, 2.05) is 41.6 Å². The molecule has 1 saturated heterocycles. The molecule has 2 aliphatic rings. The van der Waals surface area contributed by atoms with E-state index in [1.165, 1.54) is 12.8 Å². The van der Waals surface area contributed by atoms with E-state index in [0.29, 0.717) is 30.5 Å². The average molecular weight is 378 g/mol. The Balaban J connectivity index is 1.17. The van der Waals surface area contributed by atoms with Crippen LogP contribution in [0, 0.1) is 0 Å². The number of rotatable bonds is 6. The van der Waals surface area contributed by atoms with Gasteiger partial charge in [-0.15, -0.1) is 10.2 Å². The van der Waals surface area contributed by atoms with Crippen LogP contribution in [0.2, 0.25) is 0 Å². The predicted octanol–water partition coefficient (Wildman–Crippen LogP) is 2.61. The highest BCUT2D eigenvalue weighted by molar-refractivity contribution is 5.76. The van der Waals surface area contributed by atoms with Crippen molar-refractivity contribution >= 4 is 5.91 Å². The number of likely N-dealkylation sites (tertiary alicyclic amines) is 1. The Bertz CT molecular complexity index is 962. The quantitative estimate of drug-likeness (QED) is 0.655. The molecule has 0 spiro atoms. The average Bonchev–Trinajstić information content (AvgIpc) is 3.16. The largest absolute Gasteiger partial charge is 0.341 e. The second-order valence-electron chi connectivity index (χ2n) is 7.53. The molecule has 1 aliphatic heterocycles. The molecule has 1 aliphatic carbocycles. The number of carbonyl (C=O) groups excluding carboxylic acids is 1. The fraction of sp³-hybridized carbons (Fsp3) is 0.450. The summed E-state index contributed by atoms with van der Waals surface area (Å²) in [6.45, 7) is 1.49. The lowest BCUT2D eigenvalue weighted by Crippen LogP contribution is -2.29. The number of aromatic nitrogens is 5. The SMILES string of the molecule is O=C(CCc1nc(-c2ccccc2)no1)N1CCC(n2cnnc2C2CC2)C1. The van der Waals surface area contributed by atoms with Gasteiger partial charge >= 0.3 is 0 Å². The van der Waals surface area contributed by atoms with Crippen molar-refractivity contribution in [1.29, 1.82) is 0 Å². The zero-order chi connectivity index (χ0) is 18.9. The monoisotopic (exact) mass is 378 g/mol. The first-order chi connectivity index (χ1) is 13.8. The van der Waals surface area contributed by atoms with Gasteiger partial charge in [-0.3, -0.25) is 4.79 Å². The van der Waals surface area contributed by atoms with E-state index < -0.39 is 0 Å². The van der Waals surface area contributed by atoms with Crippen LogP contribution in [-0.4, -0.2) is 48.8 Å². The third-order valence-electron chi connectivity index (χ3n) is 5.51. The number of hydrogen-bond acceptors (Lipinski definition) is 6. The van der Waals surface area contributed by atoms with Crippen molar-refractivity contribution in [2.45, 2.75) is 44.1 Å². The summed E-state index contributed by atoms with van der Waals surface area (Å²) < 4.78 is 7.48. The minimum absolute atomic E-state index is 0.128. The molecular weight excluding hydrogens is 356 g/mol. The Morgan fingerprint density at radius 1 is 1.18 bits per heavy atom. The Labute approximate surface area is 162 Å². The van der Waals surface area contributed by atoms with Gasteiger partial charge < -0.3 is 14.0 Å². The third kappa shape index (κ3) is 3.42. The fourth-order valence-corrected chi connectivity index (χ4v) is 3.80. The van der Waals surface area contributed by atoms with Gasteiger partial charge in [0.15, 0.2) is 0 Å². The van der Waals surface area contributed by atoms with Crippen molar-refractivity contribution in [3.8, 4) is 11.4 Å². The molecule has 144 valence electrons. The molecule has 0 N–H and O–H groups in total. The number of benzene rings is 1. The summed E-state index contributed by atoms with van der Waals surface area (Å²) in [5.74, 6) is 2.83. The third-order valence-corrected chi connectivity index (χ3v) is 5.51. The highest BCUT2D eigenvalue weighted by Gasteiger charge is 2.34. The van der Waals surface area contributed by atoms with Crippen LogP contribution < -0.4 is 0 Å². The van der Waals surface area contributed by atoms with Gasteiger partial charge in [0.05, 0.1) is 6.04 Å². The lowest BCUT2D eigenvalue weighted by atomic mass is 10.2. The Morgan fingerprint density at radius 3 is 2.86 bits per heavy atom. The molecule has 5 rings (SSSR count). The zero-order valence-electron chi connectivity index (χ0n) is 15.6. The minimum Gasteiger partial charge on any atom is -0.341 e. The molecule has 1 unspecified atom stereocenters. The second-order valence-corrected chi connectivity index (χ2v) is 7.53. The summed E-state index contributed by atoms with van der Waals surface area (Å²) in [7, 11) is 0. The number of amides is 1. The van der Waals surface area contributed by atoms with E-state index in [0.717, 1.165) is 30.9 Å². The summed E-state index contributed by atoms with van der Waals surface area (Å²) in [5, 5.41) is 12.4. The maximum absolute atomic E-state index is 12.6. The van der Waals surface area contributed by atoms with Crippen LogP contribution in [0.3, 0.4) is 0 Å². The Kier molecular flexibility index (Phi) is 4.38. The van der Waals surface area contributed by atoms with Crippen molar-refractivity contribution in [3.63, 3.8) is 0 Å². The highest BCUT2D eigenvalue weighted by atomic mass is 16.5. The van der Waals surface area contributed by atoms with Crippen LogP contribution in [-0.2, 0) is 11.2 Å². The van der Waals surface area contributed by atoms with Crippen LogP contribution >= 0.6 is 0 Å². The topological polar surface area (TPSA) is 89.9 Å². The fourth-order valence-electron chi connectivity index (χ4n) is 3.80. The van der Waals surface area contributed by atoms with E-state index in [2.05, 4.69) is 24.9 Å². The highest BCUT2D eigenvalue weighted by Crippen LogP contribution is 2.40. The second kappa shape index (κ2) is 7.18. The smallest absolute Gasteiger partial charge is 0.227 e. The van der Waals surface area contributed by atoms with Gasteiger partial charge in [-0.25, -0.2) is 0 Å². The number of hydrogen-bond donors (Lipinski definition) is 0. The zero-order valence-corrected chi connectivity index (χ0v) is 15.6. The molecule has 0 bridgehead atoms. The predicted molar refractivity (Wildman–Crippen MR) is 100 cm³/mol. The Morgan fingerprint density at radius 2 is 2.04 bits per heavy atom. The number of carbonyl (C=O) groups is 1. The lowest BCUT2D eigenvalue weighted by molar-refractivity contribution is -0.130. The first-order valence-electron chi connectivity index (χ1n) is 9.83. The molecule has 3 heterocycles. The van der Waals surface area contributed by atoms with Crippen LogP contribution in [0.1, 0.15) is 49.4 Å². The van der Waals surface area contributed by atoms with E-state index >= 15 is 0 Å². The summed E-state index contributed by atoms with van der Waals surface area (Å²) in [6.07, 6.45) is 5.99. The Hall–Kier alpha value is -3.03. The maximum Gasteiger partial charge on any atom is 0.227 e. The summed E-state index contributed by atoms with van der Waals surface area (Å²) in [6, 6.07) is 9.96. The van der Waals surface area contributed by atoms with E-state index in [1.54, 1.807) is 0 Å². The molecule has 2 fully saturated rings. The molecule has 3 aromatic rings. The van der Waals surface area contributed by atoms with E-state index in [-0.39, 0.29) is 11.9 Å².